The van der Waals surface area contributed by atoms with Gasteiger partial charge in [0.15, 0.2) is 0 Å². The maximum absolute atomic E-state index is 12.2. The Morgan fingerprint density at radius 2 is 2.04 bits per heavy atom. The zero-order valence-electron chi connectivity index (χ0n) is 13.4. The molecule has 0 saturated carbocycles. The van der Waals surface area contributed by atoms with Gasteiger partial charge in [-0.15, -0.1) is 0 Å². The van der Waals surface area contributed by atoms with Crippen molar-refractivity contribution in [3.63, 3.8) is 0 Å². The zero-order valence-corrected chi connectivity index (χ0v) is 14.2. The molecule has 3 heterocycles. The van der Waals surface area contributed by atoms with Gasteiger partial charge in [-0.05, 0) is 19.2 Å². The first-order valence-electron chi connectivity index (χ1n) is 7.72. The van der Waals surface area contributed by atoms with E-state index in [1.807, 2.05) is 13.1 Å². The van der Waals surface area contributed by atoms with Crippen molar-refractivity contribution in [2.24, 2.45) is 0 Å². The van der Waals surface area contributed by atoms with E-state index in [1.54, 1.807) is 18.3 Å². The van der Waals surface area contributed by atoms with Gasteiger partial charge in [-0.25, -0.2) is 4.72 Å². The van der Waals surface area contributed by atoms with Gasteiger partial charge >= 0.3 is 0 Å². The molecular formula is C14H20N6O3S. The van der Waals surface area contributed by atoms with Crippen LogP contribution in [-0.2, 0) is 16.6 Å². The molecule has 1 saturated heterocycles. The number of pyridine rings is 1. The molecular weight excluding hydrogens is 332 g/mol. The third-order valence-electron chi connectivity index (χ3n) is 3.79. The topological polar surface area (TPSA) is 104 Å². The molecule has 2 aromatic heterocycles. The average molecular weight is 352 g/mol. The summed E-state index contributed by atoms with van der Waals surface area (Å²) in [4.78, 5) is 10.5. The minimum Gasteiger partial charge on any atom is -0.339 e. The summed E-state index contributed by atoms with van der Waals surface area (Å²) < 4.78 is 33.6. The Bertz CT molecular complexity index is 756. The zero-order chi connectivity index (χ0) is 17.0. The largest absolute Gasteiger partial charge is 0.339 e. The Labute approximate surface area is 140 Å². The van der Waals surface area contributed by atoms with E-state index in [-0.39, 0.29) is 6.54 Å². The Hall–Kier alpha value is -1.88. The summed E-state index contributed by atoms with van der Waals surface area (Å²) in [6.07, 6.45) is 1.97. The summed E-state index contributed by atoms with van der Waals surface area (Å²) >= 11 is 0. The first-order valence-corrected chi connectivity index (χ1v) is 9.16. The lowest BCUT2D eigenvalue weighted by atomic mass is 10.3. The summed E-state index contributed by atoms with van der Waals surface area (Å²) in [5.41, 5.74) is 0.616. The van der Waals surface area contributed by atoms with Gasteiger partial charge in [0.25, 0.3) is 10.2 Å². The number of aromatic nitrogens is 3. The van der Waals surface area contributed by atoms with Crippen LogP contribution in [0, 0.1) is 0 Å². The van der Waals surface area contributed by atoms with Gasteiger partial charge in [-0.1, -0.05) is 11.2 Å². The molecule has 0 amide bonds. The van der Waals surface area contributed by atoms with Crippen LogP contribution in [0.25, 0.3) is 11.5 Å². The average Bonchev–Trinajstić information content (AvgIpc) is 3.05. The van der Waals surface area contributed by atoms with Crippen LogP contribution in [0.5, 0.6) is 0 Å². The lowest BCUT2D eigenvalue weighted by Crippen LogP contribution is -2.51. The second-order valence-corrected chi connectivity index (χ2v) is 7.33. The van der Waals surface area contributed by atoms with Crippen LogP contribution in [-0.4, -0.2) is 72.5 Å². The second kappa shape index (κ2) is 7.34. The predicted octanol–water partition coefficient (Wildman–Crippen LogP) is -0.244. The highest BCUT2D eigenvalue weighted by molar-refractivity contribution is 7.87. The van der Waals surface area contributed by atoms with E-state index in [4.69, 9.17) is 4.52 Å². The van der Waals surface area contributed by atoms with E-state index in [1.165, 1.54) is 4.31 Å². The first-order chi connectivity index (χ1) is 11.5. The van der Waals surface area contributed by atoms with Crippen LogP contribution in [0.1, 0.15) is 5.89 Å². The molecule has 9 nitrogen and oxygen atoms in total. The molecule has 24 heavy (non-hydrogen) atoms. The van der Waals surface area contributed by atoms with Crippen LogP contribution < -0.4 is 4.72 Å². The van der Waals surface area contributed by atoms with Gasteiger partial charge in [0.2, 0.25) is 11.7 Å². The normalized spacial score (nSPS) is 17.2. The van der Waals surface area contributed by atoms with Crippen LogP contribution in [0.15, 0.2) is 28.9 Å². The van der Waals surface area contributed by atoms with Crippen molar-refractivity contribution in [3.8, 4) is 11.5 Å². The third kappa shape index (κ3) is 4.15. The van der Waals surface area contributed by atoms with E-state index in [9.17, 15) is 8.42 Å². The molecule has 0 radical (unpaired) electrons. The van der Waals surface area contributed by atoms with Gasteiger partial charge < -0.3 is 9.42 Å². The van der Waals surface area contributed by atoms with Crippen molar-refractivity contribution in [3.05, 3.63) is 30.3 Å². The van der Waals surface area contributed by atoms with E-state index < -0.39 is 10.2 Å². The highest BCUT2D eigenvalue weighted by Gasteiger charge is 2.25. The molecule has 2 aromatic rings. The maximum atomic E-state index is 12.2. The molecule has 10 heteroatoms. The molecule has 0 unspecified atom stereocenters. The predicted molar refractivity (Wildman–Crippen MR) is 87.2 cm³/mol. The molecule has 0 aliphatic carbocycles. The minimum atomic E-state index is -3.47. The van der Waals surface area contributed by atoms with Gasteiger partial charge in [0.1, 0.15) is 5.69 Å². The molecule has 0 spiro atoms. The Balaban J connectivity index is 1.52. The Morgan fingerprint density at radius 1 is 1.25 bits per heavy atom. The summed E-state index contributed by atoms with van der Waals surface area (Å²) in [7, 11) is -1.49. The van der Waals surface area contributed by atoms with E-state index >= 15 is 0 Å². The van der Waals surface area contributed by atoms with E-state index in [0.29, 0.717) is 36.9 Å². The van der Waals surface area contributed by atoms with Crippen molar-refractivity contribution < 1.29 is 12.9 Å². The van der Waals surface area contributed by atoms with Gasteiger partial charge in [-0.3, -0.25) is 4.98 Å². The van der Waals surface area contributed by atoms with Gasteiger partial charge in [0.05, 0.1) is 0 Å². The fourth-order valence-electron chi connectivity index (χ4n) is 2.36. The molecule has 1 aliphatic rings. The summed E-state index contributed by atoms with van der Waals surface area (Å²) in [6.45, 7) is 2.67. The van der Waals surface area contributed by atoms with Crippen molar-refractivity contribution in [2.45, 2.75) is 6.42 Å². The van der Waals surface area contributed by atoms with E-state index in [2.05, 4.69) is 24.7 Å². The van der Waals surface area contributed by atoms with Crippen LogP contribution >= 0.6 is 0 Å². The van der Waals surface area contributed by atoms with Crippen LogP contribution in [0.2, 0.25) is 0 Å². The number of likely N-dealkylation sites (N-methyl/N-ethyl adjacent to an activating group) is 1. The number of nitrogens with zero attached hydrogens (tertiary/aromatic N) is 5. The summed E-state index contributed by atoms with van der Waals surface area (Å²) in [5.74, 6) is 0.768. The Kier molecular flexibility index (Phi) is 5.19. The SMILES string of the molecule is CN1CCN(S(=O)(=O)NCCc2nc(-c3ccccn3)no2)CC1. The summed E-state index contributed by atoms with van der Waals surface area (Å²) in [6, 6.07) is 5.42. The molecule has 0 aromatic carbocycles. The van der Waals surface area contributed by atoms with Gasteiger partial charge in [-0.2, -0.15) is 17.7 Å². The first kappa shape index (κ1) is 17.0. The van der Waals surface area contributed by atoms with Crippen molar-refractivity contribution in [2.75, 3.05) is 39.8 Å². The molecule has 1 N–H and O–H groups in total. The number of hydrogen-bond donors (Lipinski definition) is 1. The number of piperazine rings is 1. The van der Waals surface area contributed by atoms with Crippen LogP contribution in [0.3, 0.4) is 0 Å². The van der Waals surface area contributed by atoms with E-state index in [0.717, 1.165) is 13.1 Å². The standard InChI is InChI=1S/C14H20N6O3S/c1-19-8-10-20(11-9-19)24(21,22)16-7-5-13-17-14(18-23-13)12-4-2-3-6-15-12/h2-4,6,16H,5,7-11H2,1H3. The maximum Gasteiger partial charge on any atom is 0.279 e. The number of hydrogen-bond acceptors (Lipinski definition) is 7. The lowest BCUT2D eigenvalue weighted by molar-refractivity contribution is 0.221. The van der Waals surface area contributed by atoms with Gasteiger partial charge in [0, 0.05) is 45.3 Å². The van der Waals surface area contributed by atoms with Crippen molar-refractivity contribution in [1.29, 1.82) is 0 Å². The minimum absolute atomic E-state index is 0.207. The fraction of sp³-hybridized carbons (Fsp3) is 0.500. The highest BCUT2D eigenvalue weighted by atomic mass is 32.2. The van der Waals surface area contributed by atoms with Crippen molar-refractivity contribution >= 4 is 10.2 Å². The molecule has 130 valence electrons. The number of rotatable bonds is 6. The molecule has 1 fully saturated rings. The highest BCUT2D eigenvalue weighted by Crippen LogP contribution is 2.12. The number of nitrogens with one attached hydrogen (secondary N) is 1. The van der Waals surface area contributed by atoms with Crippen LogP contribution in [0.4, 0.5) is 0 Å². The summed E-state index contributed by atoms with van der Waals surface area (Å²) in [5, 5.41) is 3.86. The second-order valence-electron chi connectivity index (χ2n) is 5.58. The Morgan fingerprint density at radius 3 is 2.75 bits per heavy atom. The van der Waals surface area contributed by atoms with Crippen molar-refractivity contribution in [1.82, 2.24) is 29.1 Å². The smallest absolute Gasteiger partial charge is 0.279 e. The monoisotopic (exact) mass is 352 g/mol. The third-order valence-corrected chi connectivity index (χ3v) is 5.40. The molecule has 0 atom stereocenters. The quantitative estimate of drug-likeness (QED) is 0.765. The molecule has 0 bridgehead atoms. The fourth-order valence-corrected chi connectivity index (χ4v) is 3.55. The lowest BCUT2D eigenvalue weighted by Gasteiger charge is -2.31. The molecule has 3 rings (SSSR count). The molecule has 1 aliphatic heterocycles.